The number of amides is 2. The molecule has 1 N–H and O–H groups in total. The van der Waals surface area contributed by atoms with E-state index in [1.807, 2.05) is 19.1 Å². The maximum atomic E-state index is 12.4. The van der Waals surface area contributed by atoms with Crippen molar-refractivity contribution in [3.63, 3.8) is 0 Å². The quantitative estimate of drug-likeness (QED) is 0.920. The van der Waals surface area contributed by atoms with E-state index < -0.39 is 28.4 Å². The molecular weight excluding hydrogens is 328 g/mol. The molecule has 1 heterocycles. The largest absolute Gasteiger partial charge is 0.325 e. The van der Waals surface area contributed by atoms with Crippen LogP contribution in [0.25, 0.3) is 0 Å². The first kappa shape index (κ1) is 16.2. The lowest BCUT2D eigenvalue weighted by Crippen LogP contribution is -2.37. The van der Waals surface area contributed by atoms with Gasteiger partial charge in [0.2, 0.25) is 5.91 Å². The van der Waals surface area contributed by atoms with Gasteiger partial charge in [-0.25, -0.2) is 12.7 Å². The Bertz CT molecular complexity index is 904. The Kier molecular flexibility index (Phi) is 4.11. The molecule has 2 amide bonds. The number of fused-ring (bicyclic) bond motifs is 1. The van der Waals surface area contributed by atoms with E-state index in [0.717, 1.165) is 12.0 Å². The zero-order valence-electron chi connectivity index (χ0n) is 13.0. The maximum absolute atomic E-state index is 12.4. The zero-order chi connectivity index (χ0) is 17.3. The van der Waals surface area contributed by atoms with Gasteiger partial charge in [-0.15, -0.1) is 0 Å². The number of nitrogens with one attached hydrogen (secondary N) is 1. The molecule has 124 valence electrons. The van der Waals surface area contributed by atoms with E-state index in [-0.39, 0.29) is 10.5 Å². The van der Waals surface area contributed by atoms with Crippen LogP contribution in [0, 0.1) is 0 Å². The van der Waals surface area contributed by atoms with Crippen LogP contribution in [0.4, 0.5) is 5.69 Å². The van der Waals surface area contributed by atoms with Crippen molar-refractivity contribution in [2.75, 3.05) is 11.9 Å². The molecule has 1 aliphatic rings. The highest BCUT2D eigenvalue weighted by Crippen LogP contribution is 2.29. The lowest BCUT2D eigenvalue weighted by molar-refractivity contribution is -0.116. The Morgan fingerprint density at radius 1 is 1.08 bits per heavy atom. The lowest BCUT2D eigenvalue weighted by Gasteiger charge is -2.14. The molecule has 0 saturated carbocycles. The van der Waals surface area contributed by atoms with E-state index in [2.05, 4.69) is 5.32 Å². The summed E-state index contributed by atoms with van der Waals surface area (Å²) in [7, 11) is -3.97. The van der Waals surface area contributed by atoms with Gasteiger partial charge in [0.05, 0.1) is 5.56 Å². The van der Waals surface area contributed by atoms with Gasteiger partial charge in [0.15, 0.2) is 0 Å². The predicted octanol–water partition coefficient (Wildman–Crippen LogP) is 2.03. The Hall–Kier alpha value is -2.67. The van der Waals surface area contributed by atoms with E-state index in [9.17, 15) is 18.0 Å². The van der Waals surface area contributed by atoms with Crippen LogP contribution in [-0.2, 0) is 21.2 Å². The molecule has 0 saturated heterocycles. The topological polar surface area (TPSA) is 83.6 Å². The summed E-state index contributed by atoms with van der Waals surface area (Å²) in [5.41, 5.74) is 1.78. The molecule has 0 radical (unpaired) electrons. The number of hydrogen-bond donors (Lipinski definition) is 1. The highest BCUT2D eigenvalue weighted by Gasteiger charge is 2.41. The molecule has 0 bridgehead atoms. The maximum Gasteiger partial charge on any atom is 0.269 e. The van der Waals surface area contributed by atoms with Gasteiger partial charge in [-0.2, -0.15) is 0 Å². The Morgan fingerprint density at radius 3 is 2.38 bits per heavy atom. The summed E-state index contributed by atoms with van der Waals surface area (Å²) in [6, 6.07) is 13.2. The summed E-state index contributed by atoms with van der Waals surface area (Å²) in [5.74, 6) is -1.24. The van der Waals surface area contributed by atoms with Crippen molar-refractivity contribution in [2.45, 2.75) is 18.2 Å². The van der Waals surface area contributed by atoms with E-state index in [1.165, 1.54) is 12.1 Å². The summed E-state index contributed by atoms with van der Waals surface area (Å²) in [6.45, 7) is 1.47. The van der Waals surface area contributed by atoms with Gasteiger partial charge in [-0.3, -0.25) is 9.59 Å². The third-order valence-electron chi connectivity index (χ3n) is 3.85. The van der Waals surface area contributed by atoms with E-state index in [4.69, 9.17) is 0 Å². The summed E-state index contributed by atoms with van der Waals surface area (Å²) < 4.78 is 25.4. The average molecular weight is 344 g/mol. The number of hydrogen-bond acceptors (Lipinski definition) is 4. The Labute approximate surface area is 140 Å². The molecule has 7 heteroatoms. The molecule has 2 aromatic carbocycles. The highest BCUT2D eigenvalue weighted by molar-refractivity contribution is 7.90. The van der Waals surface area contributed by atoms with Crippen molar-refractivity contribution in [2.24, 2.45) is 0 Å². The minimum absolute atomic E-state index is 0.0601. The molecule has 24 heavy (non-hydrogen) atoms. The van der Waals surface area contributed by atoms with E-state index >= 15 is 0 Å². The van der Waals surface area contributed by atoms with Crippen LogP contribution in [0.3, 0.4) is 0 Å². The average Bonchev–Trinajstić information content (AvgIpc) is 2.77. The minimum Gasteiger partial charge on any atom is -0.325 e. The van der Waals surface area contributed by atoms with Crippen molar-refractivity contribution in [3.05, 3.63) is 59.7 Å². The highest BCUT2D eigenvalue weighted by atomic mass is 32.2. The Balaban J connectivity index is 1.76. The third-order valence-corrected chi connectivity index (χ3v) is 5.63. The number of rotatable bonds is 4. The van der Waals surface area contributed by atoms with Crippen LogP contribution in [0.1, 0.15) is 22.8 Å². The van der Waals surface area contributed by atoms with Crippen LogP contribution >= 0.6 is 0 Å². The normalized spacial score (nSPS) is 15.2. The number of carbonyl (C=O) groups excluding carboxylic acids is 2. The first-order valence-electron chi connectivity index (χ1n) is 7.48. The number of nitrogens with zero attached hydrogens (tertiary/aromatic N) is 1. The van der Waals surface area contributed by atoms with Gasteiger partial charge in [0.1, 0.15) is 11.4 Å². The molecule has 6 nitrogen and oxygen atoms in total. The number of carbonyl (C=O) groups is 2. The van der Waals surface area contributed by atoms with E-state index in [1.54, 1.807) is 24.3 Å². The Morgan fingerprint density at radius 2 is 1.75 bits per heavy atom. The number of anilines is 1. The van der Waals surface area contributed by atoms with E-state index in [0.29, 0.717) is 9.99 Å². The zero-order valence-corrected chi connectivity index (χ0v) is 13.8. The van der Waals surface area contributed by atoms with Gasteiger partial charge in [0.25, 0.3) is 15.9 Å². The number of aryl methyl sites for hydroxylation is 1. The standard InChI is InChI=1S/C17H16N2O4S/c1-2-12-7-9-13(10-8-12)18-16(20)11-19-17(21)14-5-3-4-6-15(14)24(19,22)23/h3-10H,2,11H2,1H3,(H,18,20). The summed E-state index contributed by atoms with van der Waals surface area (Å²) in [5, 5.41) is 2.61. The van der Waals surface area contributed by atoms with Crippen LogP contribution in [0.5, 0.6) is 0 Å². The molecule has 3 rings (SSSR count). The smallest absolute Gasteiger partial charge is 0.269 e. The molecule has 2 aromatic rings. The molecule has 0 atom stereocenters. The summed E-state index contributed by atoms with van der Waals surface area (Å²) in [4.78, 5) is 24.3. The lowest BCUT2D eigenvalue weighted by atomic mass is 10.1. The number of benzene rings is 2. The molecule has 0 aliphatic carbocycles. The summed E-state index contributed by atoms with van der Waals surface area (Å²) in [6.07, 6.45) is 0.882. The number of sulfonamides is 1. The second-order valence-corrected chi connectivity index (χ2v) is 7.24. The van der Waals surface area contributed by atoms with Crippen LogP contribution in [0.2, 0.25) is 0 Å². The van der Waals surface area contributed by atoms with Crippen molar-refractivity contribution in [3.8, 4) is 0 Å². The van der Waals surface area contributed by atoms with Gasteiger partial charge in [-0.1, -0.05) is 31.2 Å². The summed E-state index contributed by atoms with van der Waals surface area (Å²) >= 11 is 0. The van der Waals surface area contributed by atoms with Gasteiger partial charge in [-0.05, 0) is 36.2 Å². The van der Waals surface area contributed by atoms with Crippen molar-refractivity contribution in [1.29, 1.82) is 0 Å². The second-order valence-electron chi connectivity index (χ2n) is 5.41. The van der Waals surface area contributed by atoms with Gasteiger partial charge < -0.3 is 5.32 Å². The fourth-order valence-electron chi connectivity index (χ4n) is 2.54. The van der Waals surface area contributed by atoms with Gasteiger partial charge in [0, 0.05) is 5.69 Å². The SMILES string of the molecule is CCc1ccc(NC(=O)CN2C(=O)c3ccccc3S2(=O)=O)cc1. The van der Waals surface area contributed by atoms with Crippen molar-refractivity contribution in [1.82, 2.24) is 4.31 Å². The van der Waals surface area contributed by atoms with Crippen LogP contribution < -0.4 is 5.32 Å². The van der Waals surface area contributed by atoms with Crippen LogP contribution in [-0.4, -0.2) is 31.1 Å². The second kappa shape index (κ2) is 6.09. The fourth-order valence-corrected chi connectivity index (χ4v) is 4.07. The fraction of sp³-hybridized carbons (Fsp3) is 0.176. The minimum atomic E-state index is -3.97. The third kappa shape index (κ3) is 2.78. The first-order chi connectivity index (χ1) is 11.4. The molecular formula is C17H16N2O4S. The van der Waals surface area contributed by atoms with Crippen molar-refractivity contribution < 1.29 is 18.0 Å². The predicted molar refractivity (Wildman–Crippen MR) is 89.1 cm³/mol. The van der Waals surface area contributed by atoms with Crippen molar-refractivity contribution >= 4 is 27.5 Å². The molecule has 0 unspecified atom stereocenters. The molecule has 0 spiro atoms. The first-order valence-corrected chi connectivity index (χ1v) is 8.92. The molecule has 0 aromatic heterocycles. The monoisotopic (exact) mass is 344 g/mol. The van der Waals surface area contributed by atoms with Crippen LogP contribution in [0.15, 0.2) is 53.4 Å². The molecule has 1 aliphatic heterocycles. The molecule has 0 fully saturated rings. The van der Waals surface area contributed by atoms with Gasteiger partial charge >= 0.3 is 0 Å².